The lowest BCUT2D eigenvalue weighted by atomic mass is 9.80. The second-order valence-corrected chi connectivity index (χ2v) is 5.96. The van der Waals surface area contributed by atoms with E-state index in [4.69, 9.17) is 0 Å². The summed E-state index contributed by atoms with van der Waals surface area (Å²) in [5, 5.41) is 13.9. The molecule has 17 heavy (non-hydrogen) atoms. The summed E-state index contributed by atoms with van der Waals surface area (Å²) in [5.41, 5.74) is 0.276. The fourth-order valence-corrected chi connectivity index (χ4v) is 2.64. The number of halogens is 1. The van der Waals surface area contributed by atoms with Gasteiger partial charge in [-0.25, -0.2) is 0 Å². The zero-order valence-electron chi connectivity index (χ0n) is 10.1. The van der Waals surface area contributed by atoms with Crippen molar-refractivity contribution in [2.45, 2.75) is 31.8 Å². The Morgan fingerprint density at radius 2 is 2.41 bits per heavy atom. The van der Waals surface area contributed by atoms with Gasteiger partial charge < -0.3 is 10.4 Å². The number of piperidine rings is 1. The van der Waals surface area contributed by atoms with E-state index in [2.05, 4.69) is 26.2 Å². The van der Waals surface area contributed by atoms with Crippen LogP contribution >= 0.6 is 15.9 Å². The molecular formula is C13H19BrN2O. The fraction of sp³-hybridized carbons (Fsp3) is 0.615. The van der Waals surface area contributed by atoms with Gasteiger partial charge in [-0.2, -0.15) is 0 Å². The topological polar surface area (TPSA) is 45.2 Å². The van der Waals surface area contributed by atoms with Crippen LogP contribution in [0.5, 0.6) is 0 Å². The van der Waals surface area contributed by atoms with Crippen LogP contribution in [-0.4, -0.2) is 28.8 Å². The first kappa shape index (κ1) is 13.0. The van der Waals surface area contributed by atoms with E-state index in [1.807, 2.05) is 19.1 Å². The van der Waals surface area contributed by atoms with Crippen LogP contribution in [0.4, 0.5) is 0 Å². The summed E-state index contributed by atoms with van der Waals surface area (Å²) in [6, 6.07) is 3.94. The SMILES string of the molecule is CC(O)(Cc1ccc(Br)cn1)C1CCCNC1. The molecule has 4 heteroatoms. The molecule has 2 N–H and O–H groups in total. The van der Waals surface area contributed by atoms with Gasteiger partial charge in [-0.15, -0.1) is 0 Å². The van der Waals surface area contributed by atoms with E-state index >= 15 is 0 Å². The summed E-state index contributed by atoms with van der Waals surface area (Å²) in [6.07, 6.45) is 4.64. The highest BCUT2D eigenvalue weighted by molar-refractivity contribution is 9.10. The van der Waals surface area contributed by atoms with Crippen molar-refractivity contribution < 1.29 is 5.11 Å². The van der Waals surface area contributed by atoms with Crippen LogP contribution in [0.25, 0.3) is 0 Å². The Hall–Kier alpha value is -0.450. The van der Waals surface area contributed by atoms with Crippen molar-refractivity contribution in [1.82, 2.24) is 10.3 Å². The first-order valence-electron chi connectivity index (χ1n) is 6.11. The first-order chi connectivity index (χ1) is 8.08. The molecule has 2 heterocycles. The van der Waals surface area contributed by atoms with Crippen molar-refractivity contribution in [3.63, 3.8) is 0 Å². The van der Waals surface area contributed by atoms with E-state index in [9.17, 15) is 5.11 Å². The predicted molar refractivity (Wildman–Crippen MR) is 71.9 cm³/mol. The van der Waals surface area contributed by atoms with Gasteiger partial charge >= 0.3 is 0 Å². The third kappa shape index (κ3) is 3.50. The summed E-state index contributed by atoms with van der Waals surface area (Å²) >= 11 is 3.37. The van der Waals surface area contributed by atoms with Crippen LogP contribution in [0, 0.1) is 5.92 Å². The predicted octanol–water partition coefficient (Wildman–Crippen LogP) is 2.14. The second-order valence-electron chi connectivity index (χ2n) is 5.04. The molecule has 2 atom stereocenters. The van der Waals surface area contributed by atoms with Gasteiger partial charge in [-0.05, 0) is 54.4 Å². The maximum absolute atomic E-state index is 10.6. The van der Waals surface area contributed by atoms with Crippen molar-refractivity contribution in [3.05, 3.63) is 28.5 Å². The molecule has 1 fully saturated rings. The average Bonchev–Trinajstić information content (AvgIpc) is 2.33. The number of aliphatic hydroxyl groups is 1. The first-order valence-corrected chi connectivity index (χ1v) is 6.91. The van der Waals surface area contributed by atoms with Crippen LogP contribution in [0.15, 0.2) is 22.8 Å². The number of nitrogens with one attached hydrogen (secondary N) is 1. The third-order valence-corrected chi connectivity index (χ3v) is 3.97. The van der Waals surface area contributed by atoms with Crippen molar-refractivity contribution in [2.75, 3.05) is 13.1 Å². The smallest absolute Gasteiger partial charge is 0.0715 e. The standard InChI is InChI=1S/C13H19BrN2O/c1-13(17,10-3-2-6-15-8-10)7-12-5-4-11(14)9-16-12/h4-5,9-10,15,17H,2-3,6-8H2,1H3. The third-order valence-electron chi connectivity index (χ3n) is 3.50. The van der Waals surface area contributed by atoms with E-state index in [-0.39, 0.29) is 0 Å². The molecule has 1 aliphatic heterocycles. The number of hydrogen-bond acceptors (Lipinski definition) is 3. The lowest BCUT2D eigenvalue weighted by molar-refractivity contribution is -0.0109. The number of nitrogens with zero attached hydrogens (tertiary/aromatic N) is 1. The molecule has 0 saturated carbocycles. The fourth-order valence-electron chi connectivity index (χ4n) is 2.40. The number of hydrogen-bond donors (Lipinski definition) is 2. The van der Waals surface area contributed by atoms with E-state index < -0.39 is 5.60 Å². The highest BCUT2D eigenvalue weighted by Crippen LogP contribution is 2.27. The minimum Gasteiger partial charge on any atom is -0.389 e. The lowest BCUT2D eigenvalue weighted by Crippen LogP contribution is -2.45. The molecule has 3 nitrogen and oxygen atoms in total. The van der Waals surface area contributed by atoms with Crippen LogP contribution in [0.2, 0.25) is 0 Å². The quantitative estimate of drug-likeness (QED) is 0.899. The van der Waals surface area contributed by atoms with E-state index in [0.29, 0.717) is 12.3 Å². The van der Waals surface area contributed by atoms with Gasteiger partial charge in [0.15, 0.2) is 0 Å². The monoisotopic (exact) mass is 298 g/mol. The minimum absolute atomic E-state index is 0.321. The van der Waals surface area contributed by atoms with Crippen LogP contribution < -0.4 is 5.32 Å². The Balaban J connectivity index is 2.02. The summed E-state index contributed by atoms with van der Waals surface area (Å²) in [5.74, 6) is 0.321. The largest absolute Gasteiger partial charge is 0.389 e. The van der Waals surface area contributed by atoms with Crippen molar-refractivity contribution in [1.29, 1.82) is 0 Å². The molecule has 2 unspecified atom stereocenters. The summed E-state index contributed by atoms with van der Waals surface area (Å²) in [7, 11) is 0. The van der Waals surface area contributed by atoms with Gasteiger partial charge in [0.05, 0.1) is 5.60 Å². The minimum atomic E-state index is -0.672. The van der Waals surface area contributed by atoms with Gasteiger partial charge in [0.2, 0.25) is 0 Å². The maximum atomic E-state index is 10.6. The van der Waals surface area contributed by atoms with Gasteiger partial charge in [-0.3, -0.25) is 4.98 Å². The van der Waals surface area contributed by atoms with Crippen LogP contribution in [-0.2, 0) is 6.42 Å². The molecule has 0 bridgehead atoms. The van der Waals surface area contributed by atoms with E-state index in [0.717, 1.165) is 36.1 Å². The van der Waals surface area contributed by atoms with Gasteiger partial charge in [-0.1, -0.05) is 0 Å². The summed E-state index contributed by atoms with van der Waals surface area (Å²) in [6.45, 7) is 3.90. The van der Waals surface area contributed by atoms with Crippen molar-refractivity contribution in [3.8, 4) is 0 Å². The van der Waals surface area contributed by atoms with Gasteiger partial charge in [0, 0.05) is 35.2 Å². The van der Waals surface area contributed by atoms with Crippen LogP contribution in [0.1, 0.15) is 25.5 Å². The molecule has 0 radical (unpaired) electrons. The molecule has 1 aliphatic rings. The molecule has 2 rings (SSSR count). The summed E-state index contributed by atoms with van der Waals surface area (Å²) < 4.78 is 0.972. The molecule has 1 aromatic rings. The Bertz CT molecular complexity index is 358. The molecule has 0 aromatic carbocycles. The van der Waals surface area contributed by atoms with Crippen molar-refractivity contribution >= 4 is 15.9 Å². The maximum Gasteiger partial charge on any atom is 0.0715 e. The Morgan fingerprint density at radius 1 is 1.59 bits per heavy atom. The highest BCUT2D eigenvalue weighted by Gasteiger charge is 2.33. The van der Waals surface area contributed by atoms with E-state index in [1.165, 1.54) is 0 Å². The highest BCUT2D eigenvalue weighted by atomic mass is 79.9. The molecule has 0 aliphatic carbocycles. The molecule has 94 valence electrons. The molecule has 1 aromatic heterocycles. The number of aromatic nitrogens is 1. The second kappa shape index (κ2) is 5.46. The average molecular weight is 299 g/mol. The zero-order chi connectivity index (χ0) is 12.3. The van der Waals surface area contributed by atoms with Crippen molar-refractivity contribution in [2.24, 2.45) is 5.92 Å². The van der Waals surface area contributed by atoms with Crippen LogP contribution in [0.3, 0.4) is 0 Å². The van der Waals surface area contributed by atoms with Gasteiger partial charge in [0.25, 0.3) is 0 Å². The van der Waals surface area contributed by atoms with E-state index in [1.54, 1.807) is 6.20 Å². The normalized spacial score (nSPS) is 24.3. The summed E-state index contributed by atoms with van der Waals surface area (Å²) in [4.78, 5) is 4.33. The Kier molecular flexibility index (Phi) is 4.17. The van der Waals surface area contributed by atoms with Gasteiger partial charge in [0.1, 0.15) is 0 Å². The Labute approximate surface area is 111 Å². The number of pyridine rings is 1. The molecular weight excluding hydrogens is 280 g/mol. The molecule has 1 saturated heterocycles. The zero-order valence-corrected chi connectivity index (χ0v) is 11.7. The lowest BCUT2D eigenvalue weighted by Gasteiger charge is -2.35. The Morgan fingerprint density at radius 3 is 3.00 bits per heavy atom. The number of rotatable bonds is 3. The molecule has 0 spiro atoms. The molecule has 0 amide bonds.